The molecule has 27 heavy (non-hydrogen) atoms. The summed E-state index contributed by atoms with van der Waals surface area (Å²) in [5.41, 5.74) is 0.699. The van der Waals surface area contributed by atoms with Crippen LogP contribution in [0.3, 0.4) is 0 Å². The second-order valence-corrected chi connectivity index (χ2v) is 7.09. The lowest BCUT2D eigenvalue weighted by atomic mass is 10.1. The van der Waals surface area contributed by atoms with E-state index in [4.69, 9.17) is 4.74 Å². The van der Waals surface area contributed by atoms with E-state index in [1.807, 2.05) is 47.4 Å². The topological polar surface area (TPSA) is 70.7 Å². The Morgan fingerprint density at radius 3 is 2.26 bits per heavy atom. The van der Waals surface area contributed by atoms with Gasteiger partial charge in [0, 0.05) is 24.8 Å². The number of halogens is 1. The number of ether oxygens (including phenoxy) is 1. The molecule has 2 aromatic rings. The van der Waals surface area contributed by atoms with E-state index in [9.17, 15) is 9.59 Å². The molecule has 6 nitrogen and oxygen atoms in total. The van der Waals surface area contributed by atoms with Crippen molar-refractivity contribution in [3.8, 4) is 11.5 Å². The molecule has 0 bridgehead atoms. The van der Waals surface area contributed by atoms with Gasteiger partial charge in [0.05, 0.1) is 4.43 Å². The average molecular weight is 479 g/mol. The molecule has 0 atom stereocenters. The Labute approximate surface area is 172 Å². The van der Waals surface area contributed by atoms with Crippen molar-refractivity contribution in [2.45, 2.75) is 18.9 Å². The fourth-order valence-corrected chi connectivity index (χ4v) is 3.42. The first-order chi connectivity index (χ1) is 13.1. The Bertz CT molecular complexity index is 760. The minimum Gasteiger partial charge on any atom is -0.457 e. The number of nitrogens with one attached hydrogen (secondary N) is 2. The fourth-order valence-electron chi connectivity index (χ4n) is 2.94. The summed E-state index contributed by atoms with van der Waals surface area (Å²) >= 11 is 2.08. The highest BCUT2D eigenvalue weighted by atomic mass is 127. The first-order valence-corrected chi connectivity index (χ1v) is 10.4. The van der Waals surface area contributed by atoms with Crippen LogP contribution in [0.4, 0.5) is 10.5 Å². The zero-order valence-corrected chi connectivity index (χ0v) is 17.0. The standard InChI is InChI=1S/C20H22IN3O3/c21-14-19(25)24-12-10-16(11-13-24)23-20(26)22-15-6-8-18(9-7-15)27-17-4-2-1-3-5-17/h1-9,16H,10-14H2,(H2,22,23,26). The van der Waals surface area contributed by atoms with Crippen molar-refractivity contribution in [1.29, 1.82) is 0 Å². The molecule has 1 fully saturated rings. The van der Waals surface area contributed by atoms with Crippen molar-refractivity contribution in [2.75, 3.05) is 22.8 Å². The van der Waals surface area contributed by atoms with E-state index in [1.165, 1.54) is 0 Å². The van der Waals surface area contributed by atoms with Crippen molar-refractivity contribution in [1.82, 2.24) is 10.2 Å². The van der Waals surface area contributed by atoms with E-state index in [-0.39, 0.29) is 18.0 Å². The Morgan fingerprint density at radius 1 is 1.00 bits per heavy atom. The van der Waals surface area contributed by atoms with E-state index < -0.39 is 0 Å². The van der Waals surface area contributed by atoms with Crippen LogP contribution in [-0.4, -0.2) is 40.4 Å². The van der Waals surface area contributed by atoms with Gasteiger partial charge in [0.1, 0.15) is 11.5 Å². The Hall–Kier alpha value is -2.29. The van der Waals surface area contributed by atoms with Crippen LogP contribution in [0.25, 0.3) is 0 Å². The molecule has 142 valence electrons. The van der Waals surface area contributed by atoms with E-state index in [0.29, 0.717) is 29.0 Å². The number of piperidine rings is 1. The number of rotatable bonds is 5. The summed E-state index contributed by atoms with van der Waals surface area (Å²) in [5.74, 6) is 1.64. The van der Waals surface area contributed by atoms with Crippen LogP contribution in [0.5, 0.6) is 11.5 Å². The van der Waals surface area contributed by atoms with Crippen LogP contribution in [-0.2, 0) is 4.79 Å². The summed E-state index contributed by atoms with van der Waals surface area (Å²) in [7, 11) is 0. The molecule has 3 rings (SSSR count). The van der Waals surface area contributed by atoms with Crippen LogP contribution in [0, 0.1) is 0 Å². The van der Waals surface area contributed by atoms with Gasteiger partial charge in [-0.15, -0.1) is 0 Å². The largest absolute Gasteiger partial charge is 0.457 e. The number of urea groups is 1. The zero-order valence-electron chi connectivity index (χ0n) is 14.9. The number of hydrogen-bond donors (Lipinski definition) is 2. The number of likely N-dealkylation sites (tertiary alicyclic amines) is 1. The molecule has 0 spiro atoms. The van der Waals surface area contributed by atoms with Gasteiger partial charge < -0.3 is 20.3 Å². The number of benzene rings is 2. The maximum absolute atomic E-state index is 12.2. The zero-order chi connectivity index (χ0) is 19.1. The summed E-state index contributed by atoms with van der Waals surface area (Å²) < 4.78 is 6.24. The van der Waals surface area contributed by atoms with Crippen LogP contribution < -0.4 is 15.4 Å². The molecule has 1 aliphatic rings. The second-order valence-electron chi connectivity index (χ2n) is 6.33. The Balaban J connectivity index is 1.45. The molecule has 3 amide bonds. The molecule has 2 aromatic carbocycles. The van der Waals surface area contributed by atoms with Gasteiger partial charge >= 0.3 is 6.03 Å². The van der Waals surface area contributed by atoms with Gasteiger partial charge in [-0.25, -0.2) is 4.79 Å². The molecule has 1 saturated heterocycles. The lowest BCUT2D eigenvalue weighted by Gasteiger charge is -2.32. The number of anilines is 1. The first kappa shape index (κ1) is 19.5. The summed E-state index contributed by atoms with van der Waals surface area (Å²) in [6.07, 6.45) is 1.55. The van der Waals surface area contributed by atoms with Gasteiger partial charge in [-0.3, -0.25) is 4.79 Å². The molecule has 0 unspecified atom stereocenters. The van der Waals surface area contributed by atoms with Crippen LogP contribution in [0.2, 0.25) is 0 Å². The first-order valence-electron chi connectivity index (χ1n) is 8.88. The van der Waals surface area contributed by atoms with Gasteiger partial charge in [-0.2, -0.15) is 0 Å². The average Bonchev–Trinajstić information content (AvgIpc) is 2.70. The minimum atomic E-state index is -0.231. The van der Waals surface area contributed by atoms with Crippen molar-refractivity contribution in [3.05, 3.63) is 54.6 Å². The normalized spacial score (nSPS) is 14.5. The predicted octanol–water partition coefficient (Wildman–Crippen LogP) is 4.03. The van der Waals surface area contributed by atoms with Crippen molar-refractivity contribution in [2.24, 2.45) is 0 Å². The summed E-state index contributed by atoms with van der Waals surface area (Å²) in [6, 6.07) is 16.6. The number of alkyl halides is 1. The van der Waals surface area contributed by atoms with Crippen molar-refractivity contribution >= 4 is 40.2 Å². The maximum atomic E-state index is 12.2. The monoisotopic (exact) mass is 479 g/mol. The van der Waals surface area contributed by atoms with Gasteiger partial charge in [0.2, 0.25) is 5.91 Å². The van der Waals surface area contributed by atoms with Crippen LogP contribution >= 0.6 is 22.6 Å². The number of nitrogens with zero attached hydrogens (tertiary/aromatic N) is 1. The summed E-state index contributed by atoms with van der Waals surface area (Å²) in [4.78, 5) is 25.7. The molecule has 1 heterocycles. The molecule has 0 aliphatic carbocycles. The van der Waals surface area contributed by atoms with Gasteiger partial charge in [0.25, 0.3) is 0 Å². The highest BCUT2D eigenvalue weighted by molar-refractivity contribution is 14.1. The third-order valence-electron chi connectivity index (χ3n) is 4.39. The van der Waals surface area contributed by atoms with Crippen molar-refractivity contribution in [3.63, 3.8) is 0 Å². The Kier molecular flexibility index (Phi) is 6.92. The van der Waals surface area contributed by atoms with Gasteiger partial charge in [-0.05, 0) is 49.2 Å². The minimum absolute atomic E-state index is 0.0870. The molecular formula is C20H22IN3O3. The predicted molar refractivity (Wildman–Crippen MR) is 114 cm³/mol. The van der Waals surface area contributed by atoms with E-state index >= 15 is 0 Å². The van der Waals surface area contributed by atoms with E-state index in [1.54, 1.807) is 12.1 Å². The number of hydrogen-bond acceptors (Lipinski definition) is 3. The second kappa shape index (κ2) is 9.59. The van der Waals surface area contributed by atoms with Crippen molar-refractivity contribution < 1.29 is 14.3 Å². The van der Waals surface area contributed by atoms with Gasteiger partial charge in [0.15, 0.2) is 0 Å². The van der Waals surface area contributed by atoms with Crippen LogP contribution in [0.1, 0.15) is 12.8 Å². The third kappa shape index (κ3) is 5.85. The molecular weight excluding hydrogens is 457 g/mol. The molecule has 0 aromatic heterocycles. The highest BCUT2D eigenvalue weighted by Crippen LogP contribution is 2.22. The number of carbonyl (C=O) groups excluding carboxylic acids is 2. The molecule has 0 saturated carbocycles. The molecule has 2 N–H and O–H groups in total. The lowest BCUT2D eigenvalue weighted by Crippen LogP contribution is -2.47. The van der Waals surface area contributed by atoms with E-state index in [2.05, 4.69) is 33.2 Å². The highest BCUT2D eigenvalue weighted by Gasteiger charge is 2.23. The third-order valence-corrected chi connectivity index (χ3v) is 5.04. The molecule has 0 radical (unpaired) electrons. The van der Waals surface area contributed by atoms with Crippen LogP contribution in [0.15, 0.2) is 54.6 Å². The van der Waals surface area contributed by atoms with Gasteiger partial charge in [-0.1, -0.05) is 40.8 Å². The fraction of sp³-hybridized carbons (Fsp3) is 0.300. The smallest absolute Gasteiger partial charge is 0.319 e. The quantitative estimate of drug-likeness (QED) is 0.503. The SMILES string of the molecule is O=C(Nc1ccc(Oc2ccccc2)cc1)NC1CCN(C(=O)CI)CC1. The number of para-hydroxylation sites is 1. The summed E-state index contributed by atoms with van der Waals surface area (Å²) in [5, 5.41) is 5.82. The Morgan fingerprint density at radius 2 is 1.63 bits per heavy atom. The molecule has 7 heteroatoms. The lowest BCUT2D eigenvalue weighted by molar-refractivity contribution is -0.129. The van der Waals surface area contributed by atoms with E-state index in [0.717, 1.165) is 18.6 Å². The molecule has 1 aliphatic heterocycles. The maximum Gasteiger partial charge on any atom is 0.319 e. The number of amides is 3. The number of carbonyl (C=O) groups is 2. The summed E-state index contributed by atoms with van der Waals surface area (Å²) in [6.45, 7) is 1.39.